The van der Waals surface area contributed by atoms with Crippen molar-refractivity contribution in [3.63, 3.8) is 0 Å². The predicted octanol–water partition coefficient (Wildman–Crippen LogP) is 1.21. The van der Waals surface area contributed by atoms with E-state index < -0.39 is 0 Å². The van der Waals surface area contributed by atoms with Gasteiger partial charge in [0.05, 0.1) is 6.61 Å². The Kier molecular flexibility index (Phi) is 6.21. The van der Waals surface area contributed by atoms with Crippen molar-refractivity contribution in [3.05, 3.63) is 6.33 Å². The molecular formula is C12H23N5O. The van der Waals surface area contributed by atoms with Crippen molar-refractivity contribution in [2.45, 2.75) is 20.8 Å². The van der Waals surface area contributed by atoms with Gasteiger partial charge in [0.15, 0.2) is 5.82 Å². The van der Waals surface area contributed by atoms with Crippen LogP contribution in [0.15, 0.2) is 6.33 Å². The van der Waals surface area contributed by atoms with Gasteiger partial charge in [-0.15, -0.1) is 0 Å². The highest BCUT2D eigenvalue weighted by Crippen LogP contribution is 2.23. The lowest BCUT2D eigenvalue weighted by Crippen LogP contribution is -2.29. The molecule has 1 aromatic rings. The quantitative estimate of drug-likeness (QED) is 0.725. The van der Waals surface area contributed by atoms with E-state index in [0.717, 1.165) is 26.2 Å². The van der Waals surface area contributed by atoms with Gasteiger partial charge in [-0.25, -0.2) is 4.98 Å². The van der Waals surface area contributed by atoms with Crippen LogP contribution >= 0.6 is 0 Å². The fourth-order valence-corrected chi connectivity index (χ4v) is 1.64. The number of nitrogens with one attached hydrogen (secondary N) is 1. The standard InChI is InChI=1S/C12H23N5O/c1-4-17(5-2)8-7-14-11-10(13)12(18-6-3)16-9-15-11/h9H,4-8,13H2,1-3H3,(H,14,15,16). The van der Waals surface area contributed by atoms with Gasteiger partial charge >= 0.3 is 0 Å². The van der Waals surface area contributed by atoms with Crippen LogP contribution in [0.25, 0.3) is 0 Å². The van der Waals surface area contributed by atoms with Crippen LogP contribution in [0.2, 0.25) is 0 Å². The molecule has 0 aliphatic rings. The first-order chi connectivity index (χ1) is 8.72. The molecule has 0 bridgehead atoms. The summed E-state index contributed by atoms with van der Waals surface area (Å²) in [6.45, 7) is 10.6. The number of anilines is 2. The molecular weight excluding hydrogens is 230 g/mol. The first kappa shape index (κ1) is 14.5. The molecule has 0 aromatic carbocycles. The average Bonchev–Trinajstić information content (AvgIpc) is 2.39. The van der Waals surface area contributed by atoms with Gasteiger partial charge in [0.25, 0.3) is 0 Å². The highest BCUT2D eigenvalue weighted by atomic mass is 16.5. The largest absolute Gasteiger partial charge is 0.476 e. The van der Waals surface area contributed by atoms with Crippen LogP contribution < -0.4 is 15.8 Å². The van der Waals surface area contributed by atoms with Gasteiger partial charge in [0, 0.05) is 13.1 Å². The van der Waals surface area contributed by atoms with E-state index in [2.05, 4.69) is 34.0 Å². The van der Waals surface area contributed by atoms with Crippen LogP contribution in [0.4, 0.5) is 11.5 Å². The second kappa shape index (κ2) is 7.71. The third-order valence-corrected chi connectivity index (χ3v) is 2.74. The van der Waals surface area contributed by atoms with Gasteiger partial charge in [0.1, 0.15) is 12.0 Å². The summed E-state index contributed by atoms with van der Waals surface area (Å²) in [7, 11) is 0. The number of hydrogen-bond acceptors (Lipinski definition) is 6. The van der Waals surface area contributed by atoms with Crippen LogP contribution in [0.3, 0.4) is 0 Å². The van der Waals surface area contributed by atoms with E-state index in [0.29, 0.717) is 24.0 Å². The second-order valence-corrected chi connectivity index (χ2v) is 3.83. The molecule has 0 saturated heterocycles. The molecule has 0 aliphatic carbocycles. The first-order valence-corrected chi connectivity index (χ1v) is 6.42. The van der Waals surface area contributed by atoms with Gasteiger partial charge in [-0.05, 0) is 20.0 Å². The average molecular weight is 253 g/mol. The van der Waals surface area contributed by atoms with E-state index in [4.69, 9.17) is 10.5 Å². The molecule has 0 atom stereocenters. The number of nitrogen functional groups attached to an aromatic ring is 1. The van der Waals surface area contributed by atoms with E-state index >= 15 is 0 Å². The molecule has 0 unspecified atom stereocenters. The third kappa shape index (κ3) is 4.03. The van der Waals surface area contributed by atoms with Gasteiger partial charge in [-0.1, -0.05) is 13.8 Å². The summed E-state index contributed by atoms with van der Waals surface area (Å²) in [5.74, 6) is 1.08. The minimum Gasteiger partial charge on any atom is -0.476 e. The van der Waals surface area contributed by atoms with Crippen molar-refractivity contribution in [3.8, 4) is 5.88 Å². The number of nitrogens with zero attached hydrogens (tertiary/aromatic N) is 3. The number of rotatable bonds is 8. The second-order valence-electron chi connectivity index (χ2n) is 3.83. The van der Waals surface area contributed by atoms with Crippen molar-refractivity contribution in [1.82, 2.24) is 14.9 Å². The van der Waals surface area contributed by atoms with Crippen molar-refractivity contribution >= 4 is 11.5 Å². The fraction of sp³-hybridized carbons (Fsp3) is 0.667. The lowest BCUT2D eigenvalue weighted by molar-refractivity contribution is 0.315. The van der Waals surface area contributed by atoms with E-state index in [1.165, 1.54) is 6.33 Å². The summed E-state index contributed by atoms with van der Waals surface area (Å²) in [4.78, 5) is 10.4. The number of nitrogens with two attached hydrogens (primary N) is 1. The van der Waals surface area contributed by atoms with Crippen molar-refractivity contribution in [2.75, 3.05) is 43.8 Å². The Hall–Kier alpha value is -1.56. The van der Waals surface area contributed by atoms with Gasteiger partial charge in [-0.3, -0.25) is 0 Å². The maximum absolute atomic E-state index is 5.93. The Balaban J connectivity index is 2.54. The topological polar surface area (TPSA) is 76.3 Å². The molecule has 0 amide bonds. The smallest absolute Gasteiger partial charge is 0.242 e. The number of hydrogen-bond donors (Lipinski definition) is 2. The summed E-state index contributed by atoms with van der Waals surface area (Å²) in [6.07, 6.45) is 1.46. The van der Waals surface area contributed by atoms with Gasteiger partial charge < -0.3 is 20.7 Å². The maximum atomic E-state index is 5.93. The molecule has 6 heteroatoms. The van der Waals surface area contributed by atoms with Crippen LogP contribution in [0.5, 0.6) is 5.88 Å². The normalized spacial score (nSPS) is 10.7. The Morgan fingerprint density at radius 3 is 2.61 bits per heavy atom. The molecule has 1 rings (SSSR count). The molecule has 0 fully saturated rings. The maximum Gasteiger partial charge on any atom is 0.242 e. The molecule has 18 heavy (non-hydrogen) atoms. The van der Waals surface area contributed by atoms with Crippen LogP contribution in [0, 0.1) is 0 Å². The monoisotopic (exact) mass is 253 g/mol. The predicted molar refractivity (Wildman–Crippen MR) is 73.9 cm³/mol. The molecule has 0 radical (unpaired) electrons. The molecule has 3 N–H and O–H groups in total. The molecule has 1 heterocycles. The SMILES string of the molecule is CCOc1ncnc(NCCN(CC)CC)c1N. The van der Waals surface area contributed by atoms with Crippen molar-refractivity contribution in [1.29, 1.82) is 0 Å². The lowest BCUT2D eigenvalue weighted by atomic mass is 10.4. The highest BCUT2D eigenvalue weighted by molar-refractivity contribution is 5.66. The third-order valence-electron chi connectivity index (χ3n) is 2.74. The highest BCUT2D eigenvalue weighted by Gasteiger charge is 2.08. The minimum atomic E-state index is 0.442. The molecule has 0 saturated carbocycles. The molecule has 0 spiro atoms. The lowest BCUT2D eigenvalue weighted by Gasteiger charge is -2.18. The van der Waals surface area contributed by atoms with Gasteiger partial charge in [-0.2, -0.15) is 4.98 Å². The Morgan fingerprint density at radius 1 is 1.28 bits per heavy atom. The minimum absolute atomic E-state index is 0.442. The molecule has 6 nitrogen and oxygen atoms in total. The zero-order valence-electron chi connectivity index (χ0n) is 11.4. The van der Waals surface area contributed by atoms with Crippen molar-refractivity contribution in [2.24, 2.45) is 0 Å². The first-order valence-electron chi connectivity index (χ1n) is 6.42. The molecule has 1 aromatic heterocycles. The number of likely N-dealkylation sites (N-methyl/N-ethyl adjacent to an activating group) is 1. The summed E-state index contributed by atoms with van der Waals surface area (Å²) < 4.78 is 5.32. The fourth-order valence-electron chi connectivity index (χ4n) is 1.64. The van der Waals surface area contributed by atoms with Crippen LogP contribution in [-0.4, -0.2) is 47.7 Å². The zero-order chi connectivity index (χ0) is 13.4. The zero-order valence-corrected chi connectivity index (χ0v) is 11.4. The van der Waals surface area contributed by atoms with E-state index in [1.807, 2.05) is 6.92 Å². The van der Waals surface area contributed by atoms with Crippen molar-refractivity contribution < 1.29 is 4.74 Å². The van der Waals surface area contributed by atoms with E-state index in [-0.39, 0.29) is 0 Å². The Bertz CT molecular complexity index is 354. The molecule has 102 valence electrons. The summed E-state index contributed by atoms with van der Waals surface area (Å²) in [5, 5.41) is 3.21. The van der Waals surface area contributed by atoms with Crippen LogP contribution in [-0.2, 0) is 0 Å². The Labute approximate surface area is 109 Å². The van der Waals surface area contributed by atoms with E-state index in [1.54, 1.807) is 0 Å². The number of aromatic nitrogens is 2. The van der Waals surface area contributed by atoms with E-state index in [9.17, 15) is 0 Å². The van der Waals surface area contributed by atoms with Gasteiger partial charge in [0.2, 0.25) is 5.88 Å². The summed E-state index contributed by atoms with van der Waals surface area (Å²) in [5.41, 5.74) is 6.40. The summed E-state index contributed by atoms with van der Waals surface area (Å²) >= 11 is 0. The Morgan fingerprint density at radius 2 is 2.00 bits per heavy atom. The summed E-state index contributed by atoms with van der Waals surface area (Å²) in [6, 6.07) is 0. The molecule has 0 aliphatic heterocycles. The number of ether oxygens (including phenoxy) is 1. The van der Waals surface area contributed by atoms with Crippen LogP contribution in [0.1, 0.15) is 20.8 Å².